The molecular weight excluding hydrogens is 348 g/mol. The van der Waals surface area contributed by atoms with E-state index in [4.69, 9.17) is 0 Å². The molecule has 0 spiro atoms. The van der Waals surface area contributed by atoms with Crippen molar-refractivity contribution in [3.63, 3.8) is 0 Å². The van der Waals surface area contributed by atoms with Crippen LogP contribution in [0, 0.1) is 11.8 Å². The van der Waals surface area contributed by atoms with E-state index in [1.807, 2.05) is 0 Å². The molecule has 0 bridgehead atoms. The van der Waals surface area contributed by atoms with E-state index in [2.05, 4.69) is 50.8 Å². The first-order valence-corrected chi connectivity index (χ1v) is 12.6. The fourth-order valence-corrected chi connectivity index (χ4v) is 5.48. The lowest BCUT2D eigenvalue weighted by Crippen LogP contribution is -2.15. The van der Waals surface area contributed by atoms with E-state index in [1.54, 1.807) is 11.1 Å². The van der Waals surface area contributed by atoms with E-state index in [0.717, 1.165) is 37.0 Å². The standard InChI is InChI=1S/C29H44/c1-4-6-24-9-11-26(12-10-24)13-14-27-17-21-29(22-18-27)28-19-15-25(16-20-28)8-7-23(3)5-2/h15-17,19-20,24,26,29H,3-14,18,21-22H2,1-2H3. The van der Waals surface area contributed by atoms with Crippen LogP contribution in [0.25, 0.3) is 0 Å². The van der Waals surface area contributed by atoms with Crippen molar-refractivity contribution in [3.05, 3.63) is 59.2 Å². The van der Waals surface area contributed by atoms with Crippen molar-refractivity contribution in [3.8, 4) is 0 Å². The molecule has 29 heavy (non-hydrogen) atoms. The third-order valence-corrected chi connectivity index (χ3v) is 7.76. The van der Waals surface area contributed by atoms with Crippen LogP contribution in [-0.4, -0.2) is 0 Å². The van der Waals surface area contributed by atoms with Crippen LogP contribution in [0.3, 0.4) is 0 Å². The van der Waals surface area contributed by atoms with Gasteiger partial charge in [0, 0.05) is 0 Å². The molecule has 1 aromatic rings. The molecule has 1 aromatic carbocycles. The van der Waals surface area contributed by atoms with E-state index in [0.29, 0.717) is 0 Å². The van der Waals surface area contributed by atoms with Crippen LogP contribution >= 0.6 is 0 Å². The topological polar surface area (TPSA) is 0 Å². The van der Waals surface area contributed by atoms with Gasteiger partial charge < -0.3 is 0 Å². The molecule has 0 radical (unpaired) electrons. The summed E-state index contributed by atoms with van der Waals surface area (Å²) >= 11 is 0. The first-order chi connectivity index (χ1) is 14.2. The van der Waals surface area contributed by atoms with Crippen LogP contribution in [0.4, 0.5) is 0 Å². The molecule has 0 aliphatic heterocycles. The lowest BCUT2D eigenvalue weighted by atomic mass is 9.77. The highest BCUT2D eigenvalue weighted by molar-refractivity contribution is 5.28. The molecule has 1 unspecified atom stereocenters. The number of allylic oxidation sites excluding steroid dienone is 3. The summed E-state index contributed by atoms with van der Waals surface area (Å²) in [4.78, 5) is 0. The SMILES string of the molecule is C=C(CC)CCc1ccc(C2CC=C(CCC3CCC(CCC)CC3)CC2)cc1. The maximum atomic E-state index is 4.14. The normalized spacial score (nSPS) is 24.9. The Labute approximate surface area is 180 Å². The number of benzene rings is 1. The minimum Gasteiger partial charge on any atom is -0.0999 e. The van der Waals surface area contributed by atoms with Crippen molar-refractivity contribution in [2.24, 2.45) is 11.8 Å². The summed E-state index contributed by atoms with van der Waals surface area (Å²) in [5.74, 6) is 2.80. The third kappa shape index (κ3) is 7.16. The van der Waals surface area contributed by atoms with Crippen LogP contribution < -0.4 is 0 Å². The second kappa shape index (κ2) is 11.8. The van der Waals surface area contributed by atoms with Gasteiger partial charge in [0.1, 0.15) is 0 Å². The molecule has 0 heteroatoms. The van der Waals surface area contributed by atoms with Gasteiger partial charge in [0.05, 0.1) is 0 Å². The number of hydrogen-bond donors (Lipinski definition) is 0. The Bertz CT molecular complexity index is 639. The molecule has 1 atom stereocenters. The smallest absolute Gasteiger partial charge is 0.0124 e. The Hall–Kier alpha value is -1.30. The predicted octanol–water partition coefficient (Wildman–Crippen LogP) is 9.17. The Balaban J connectivity index is 1.39. The third-order valence-electron chi connectivity index (χ3n) is 7.76. The van der Waals surface area contributed by atoms with Crippen LogP contribution in [0.15, 0.2) is 48.1 Å². The second-order valence-corrected chi connectivity index (χ2v) is 9.89. The summed E-state index contributed by atoms with van der Waals surface area (Å²) < 4.78 is 0. The average Bonchev–Trinajstić information content (AvgIpc) is 2.78. The molecule has 2 aliphatic carbocycles. The fourth-order valence-electron chi connectivity index (χ4n) is 5.48. The molecule has 0 N–H and O–H groups in total. The van der Waals surface area contributed by atoms with E-state index in [-0.39, 0.29) is 0 Å². The molecule has 3 rings (SSSR count). The molecule has 0 aromatic heterocycles. The van der Waals surface area contributed by atoms with Gasteiger partial charge in [-0.3, -0.25) is 0 Å². The van der Waals surface area contributed by atoms with Gasteiger partial charge in [0.25, 0.3) is 0 Å². The minimum absolute atomic E-state index is 0.739. The summed E-state index contributed by atoms with van der Waals surface area (Å²) in [5.41, 5.74) is 6.14. The van der Waals surface area contributed by atoms with Gasteiger partial charge in [0.15, 0.2) is 0 Å². The highest BCUT2D eigenvalue weighted by Crippen LogP contribution is 2.37. The number of aryl methyl sites for hydroxylation is 1. The minimum atomic E-state index is 0.739. The van der Waals surface area contributed by atoms with Crippen molar-refractivity contribution in [2.45, 2.75) is 110 Å². The zero-order chi connectivity index (χ0) is 20.5. The van der Waals surface area contributed by atoms with Crippen molar-refractivity contribution >= 4 is 0 Å². The van der Waals surface area contributed by atoms with Crippen molar-refractivity contribution < 1.29 is 0 Å². The van der Waals surface area contributed by atoms with Gasteiger partial charge in [-0.1, -0.05) is 100 Å². The molecular formula is C29H44. The number of hydrogen-bond acceptors (Lipinski definition) is 0. The molecule has 2 aliphatic rings. The summed E-state index contributed by atoms with van der Waals surface area (Å²) in [5, 5.41) is 0. The molecule has 0 amide bonds. The lowest BCUT2D eigenvalue weighted by Gasteiger charge is -2.29. The van der Waals surface area contributed by atoms with Gasteiger partial charge in [-0.15, -0.1) is 0 Å². The summed E-state index contributed by atoms with van der Waals surface area (Å²) in [6.45, 7) is 8.68. The zero-order valence-corrected chi connectivity index (χ0v) is 19.2. The molecule has 160 valence electrons. The van der Waals surface area contributed by atoms with Crippen LogP contribution in [0.1, 0.15) is 114 Å². The van der Waals surface area contributed by atoms with Gasteiger partial charge >= 0.3 is 0 Å². The first-order valence-electron chi connectivity index (χ1n) is 12.6. The van der Waals surface area contributed by atoms with Gasteiger partial charge in [-0.2, -0.15) is 0 Å². The van der Waals surface area contributed by atoms with E-state index < -0.39 is 0 Å². The average molecular weight is 393 g/mol. The van der Waals surface area contributed by atoms with E-state index in [1.165, 1.54) is 81.8 Å². The molecule has 0 nitrogen and oxygen atoms in total. The highest BCUT2D eigenvalue weighted by atomic mass is 14.3. The van der Waals surface area contributed by atoms with Gasteiger partial charge in [-0.25, -0.2) is 0 Å². The maximum Gasteiger partial charge on any atom is -0.0124 e. The maximum absolute atomic E-state index is 4.14. The van der Waals surface area contributed by atoms with Crippen molar-refractivity contribution in [1.82, 2.24) is 0 Å². The second-order valence-electron chi connectivity index (χ2n) is 9.89. The Kier molecular flexibility index (Phi) is 9.09. The van der Waals surface area contributed by atoms with Crippen LogP contribution in [-0.2, 0) is 6.42 Å². The zero-order valence-electron chi connectivity index (χ0n) is 19.2. The van der Waals surface area contributed by atoms with Gasteiger partial charge in [-0.05, 0) is 80.2 Å². The lowest BCUT2D eigenvalue weighted by molar-refractivity contribution is 0.251. The molecule has 0 heterocycles. The van der Waals surface area contributed by atoms with E-state index >= 15 is 0 Å². The summed E-state index contributed by atoms with van der Waals surface area (Å²) in [7, 11) is 0. The van der Waals surface area contributed by atoms with Crippen LogP contribution in [0.5, 0.6) is 0 Å². The van der Waals surface area contributed by atoms with Gasteiger partial charge in [0.2, 0.25) is 0 Å². The Morgan fingerprint density at radius 1 is 0.897 bits per heavy atom. The first kappa shape index (κ1) is 22.4. The number of rotatable bonds is 10. The van der Waals surface area contributed by atoms with Crippen molar-refractivity contribution in [1.29, 1.82) is 0 Å². The fraction of sp³-hybridized carbons (Fsp3) is 0.655. The Morgan fingerprint density at radius 2 is 1.59 bits per heavy atom. The summed E-state index contributed by atoms with van der Waals surface area (Å²) in [6.07, 6.45) is 21.6. The van der Waals surface area contributed by atoms with Crippen molar-refractivity contribution in [2.75, 3.05) is 0 Å². The molecule has 1 fully saturated rings. The highest BCUT2D eigenvalue weighted by Gasteiger charge is 2.22. The summed E-state index contributed by atoms with van der Waals surface area (Å²) in [6, 6.07) is 9.49. The monoisotopic (exact) mass is 392 g/mol. The predicted molar refractivity (Wildman–Crippen MR) is 128 cm³/mol. The van der Waals surface area contributed by atoms with Crippen LogP contribution in [0.2, 0.25) is 0 Å². The molecule has 0 saturated heterocycles. The Morgan fingerprint density at radius 3 is 2.17 bits per heavy atom. The van der Waals surface area contributed by atoms with E-state index in [9.17, 15) is 0 Å². The quantitative estimate of drug-likeness (QED) is 0.348. The largest absolute Gasteiger partial charge is 0.0999 e. The molecule has 1 saturated carbocycles.